The summed E-state index contributed by atoms with van der Waals surface area (Å²) in [6.07, 6.45) is 21.5. The Morgan fingerprint density at radius 2 is 1.09 bits per heavy atom. The Balaban J connectivity index is 1.18. The van der Waals surface area contributed by atoms with E-state index >= 15 is 9.59 Å². The van der Waals surface area contributed by atoms with Crippen LogP contribution in [-0.4, -0.2) is 148 Å². The second-order valence-corrected chi connectivity index (χ2v) is 32.4. The number of esters is 7. The molecule has 3 aliphatic carbocycles. The number of fused-ring (bicyclic) bond motifs is 5. The second kappa shape index (κ2) is 45.5. The molecule has 2 aromatic carbocycles. The van der Waals surface area contributed by atoms with Crippen molar-refractivity contribution in [2.75, 3.05) is 19.8 Å². The molecule has 0 aromatic heterocycles. The number of benzene rings is 2. The minimum Gasteiger partial charge on any atom is -0.462 e. The van der Waals surface area contributed by atoms with Gasteiger partial charge in [-0.3, -0.25) is 28.8 Å². The topological polar surface area (TPSA) is 309 Å². The number of carbonyl (C=O) groups excluding carboxylic acids is 9. The number of alkyl carbamates (subject to hydrolysis) is 1. The number of Topliss-reactive ketones (excluding diaryl/α,β-unsaturated/α-hetero) is 1. The van der Waals surface area contributed by atoms with Crippen molar-refractivity contribution in [3.63, 3.8) is 0 Å². The summed E-state index contributed by atoms with van der Waals surface area (Å²) in [6, 6.07) is 14.2. The van der Waals surface area contributed by atoms with Crippen molar-refractivity contribution < 1.29 is 101 Å². The van der Waals surface area contributed by atoms with E-state index in [1.807, 2.05) is 0 Å². The van der Waals surface area contributed by atoms with Gasteiger partial charge in [0.25, 0.3) is 0 Å². The Labute approximate surface area is 648 Å². The molecule has 6 rings (SSSR count). The number of ether oxygens (including phenoxy) is 9. The van der Waals surface area contributed by atoms with Gasteiger partial charge in [-0.1, -0.05) is 230 Å². The lowest BCUT2D eigenvalue weighted by atomic mass is 9.52. The van der Waals surface area contributed by atoms with Crippen LogP contribution in [0.25, 0.3) is 0 Å². The fourth-order valence-corrected chi connectivity index (χ4v) is 16.1. The number of ketones is 1. The van der Waals surface area contributed by atoms with Gasteiger partial charge in [-0.25, -0.2) is 14.4 Å². The monoisotopic (exact) mass is 1530 g/mol. The maximum absolute atomic E-state index is 15.5. The van der Waals surface area contributed by atoms with E-state index in [2.05, 4.69) is 31.3 Å². The van der Waals surface area contributed by atoms with Crippen molar-refractivity contribution in [2.45, 2.75) is 360 Å². The van der Waals surface area contributed by atoms with Gasteiger partial charge in [0.15, 0.2) is 17.5 Å². The van der Waals surface area contributed by atoms with Crippen LogP contribution in [0.5, 0.6) is 0 Å². The van der Waals surface area contributed by atoms with Gasteiger partial charge >= 0.3 is 47.9 Å². The van der Waals surface area contributed by atoms with Gasteiger partial charge in [0.2, 0.25) is 6.10 Å². The van der Waals surface area contributed by atoms with E-state index in [0.29, 0.717) is 12.8 Å². The van der Waals surface area contributed by atoms with Gasteiger partial charge in [-0.05, 0) is 108 Å². The third-order valence-corrected chi connectivity index (χ3v) is 22.5. The van der Waals surface area contributed by atoms with E-state index in [-0.39, 0.29) is 48.1 Å². The maximum atomic E-state index is 15.5. The highest BCUT2D eigenvalue weighted by molar-refractivity contribution is 5.93. The molecule has 0 radical (unpaired) electrons. The first-order valence-electron chi connectivity index (χ1n) is 41.0. The van der Waals surface area contributed by atoms with Crippen molar-refractivity contribution in [1.82, 2.24) is 5.32 Å². The van der Waals surface area contributed by atoms with Gasteiger partial charge in [-0.2, -0.15) is 0 Å². The number of allylic oxidation sites excluding steroid dienone is 2. The van der Waals surface area contributed by atoms with E-state index in [1.54, 1.807) is 57.2 Å². The summed E-state index contributed by atoms with van der Waals surface area (Å²) in [5.41, 5.74) is -8.67. The fourth-order valence-electron chi connectivity index (χ4n) is 16.1. The predicted molar refractivity (Wildman–Crippen MR) is 412 cm³/mol. The first-order chi connectivity index (χ1) is 52.0. The highest BCUT2D eigenvalue weighted by Crippen LogP contribution is 2.62. The standard InChI is InChI=1S/C87H131NO21/c1-11-13-15-17-19-21-23-25-27-29-31-33-35-37-45-51-71(91)101-58-65(104-73(93)52-46-38-36-34-32-30-28-26-24-22-20-18-16-14-12-2)59-102-72(92)53-54-74(94)107-78(76(63-47-41-39-42-48-63)88-82(99)109-83(5,6)7)81(98)105-66-57-87(100)70(106-80(97)64-49-43-40-44-50-64)55-67-85(10,79(96)77(95)75(61(66)3)84(87,8)9)68(90)56-69-86(67,60-103-69)108-62(4)89/h26,28,39-44,47-50,65-70,76-78,90,95,100H,11-25,27,29-38,45-46,51-60H2,1-10H3,(H,88,99)/b28-26-/t65?,66-,67-,68-,69+,70-,76-,77+,78+,85-,86+,87+/m0/s1. The van der Waals surface area contributed by atoms with Crippen molar-refractivity contribution in [3.05, 3.63) is 95.1 Å². The zero-order valence-electron chi connectivity index (χ0n) is 67.2. The first kappa shape index (κ1) is 90.9. The van der Waals surface area contributed by atoms with E-state index in [1.165, 1.54) is 162 Å². The summed E-state index contributed by atoms with van der Waals surface area (Å²) < 4.78 is 53.5. The lowest BCUT2D eigenvalue weighted by molar-refractivity contribution is -0.323. The highest BCUT2D eigenvalue weighted by Gasteiger charge is 2.73. The minimum absolute atomic E-state index is 0.0510. The molecule has 109 heavy (non-hydrogen) atoms. The molecule has 2 bridgehead atoms. The number of unbranched alkanes of at least 4 members (excludes halogenated alkanes) is 25. The number of amides is 1. The molecule has 0 spiro atoms. The van der Waals surface area contributed by atoms with Crippen LogP contribution in [0.2, 0.25) is 0 Å². The number of nitrogens with one attached hydrogen (secondary N) is 1. The largest absolute Gasteiger partial charge is 0.462 e. The van der Waals surface area contributed by atoms with Crippen molar-refractivity contribution in [2.24, 2.45) is 16.7 Å². The Bertz CT molecular complexity index is 3250. The summed E-state index contributed by atoms with van der Waals surface area (Å²) in [7, 11) is 0. The third-order valence-electron chi connectivity index (χ3n) is 22.5. The van der Waals surface area contributed by atoms with Crippen LogP contribution in [0, 0.1) is 16.7 Å². The summed E-state index contributed by atoms with van der Waals surface area (Å²) in [5.74, 6) is -8.38. The van der Waals surface area contributed by atoms with E-state index in [4.69, 9.17) is 42.6 Å². The van der Waals surface area contributed by atoms with E-state index in [9.17, 15) is 48.9 Å². The molecule has 12 atom stereocenters. The Morgan fingerprint density at radius 3 is 1.60 bits per heavy atom. The molecule has 4 N–H and O–H groups in total. The first-order valence-corrected chi connectivity index (χ1v) is 41.0. The molecule has 2 aromatic rings. The summed E-state index contributed by atoms with van der Waals surface area (Å²) in [4.78, 5) is 127. The van der Waals surface area contributed by atoms with Crippen molar-refractivity contribution >= 4 is 53.7 Å². The van der Waals surface area contributed by atoms with Crippen LogP contribution in [0.3, 0.4) is 0 Å². The Kier molecular flexibility index (Phi) is 37.9. The molecule has 3 fully saturated rings. The van der Waals surface area contributed by atoms with Crippen molar-refractivity contribution in [1.29, 1.82) is 0 Å². The molecular formula is C87H131NO21. The maximum Gasteiger partial charge on any atom is 0.408 e. The van der Waals surface area contributed by atoms with Crippen LogP contribution in [-0.2, 0) is 76.2 Å². The van der Waals surface area contributed by atoms with E-state index in [0.717, 1.165) is 64.2 Å². The molecule has 1 unspecified atom stereocenters. The van der Waals surface area contributed by atoms with Gasteiger partial charge in [0.1, 0.15) is 54.9 Å². The van der Waals surface area contributed by atoms with Crippen LogP contribution < -0.4 is 5.32 Å². The lowest BCUT2D eigenvalue weighted by Gasteiger charge is -2.62. The van der Waals surface area contributed by atoms with Crippen LogP contribution >= 0.6 is 0 Å². The third kappa shape index (κ3) is 27.4. The highest BCUT2D eigenvalue weighted by atomic mass is 16.6. The normalized spacial score (nSPS) is 23.7. The minimum atomic E-state index is -2.42. The van der Waals surface area contributed by atoms with Gasteiger partial charge in [0.05, 0.1) is 36.5 Å². The Morgan fingerprint density at radius 1 is 0.615 bits per heavy atom. The molecule has 1 heterocycles. The number of carbonyl (C=O) groups is 9. The molecule has 22 nitrogen and oxygen atoms in total. The average Bonchev–Trinajstić information content (AvgIpc) is 1.68. The van der Waals surface area contributed by atoms with Crippen LogP contribution in [0.15, 0.2) is 84.0 Å². The molecule has 22 heteroatoms. The zero-order valence-corrected chi connectivity index (χ0v) is 67.2. The summed E-state index contributed by atoms with van der Waals surface area (Å²) >= 11 is 0. The SMILES string of the molecule is CCCCCCCC/C=C\CCCCCCCC(=O)OC(COC(=O)CCCCCCCCCCCCCCCCC)COC(=O)CCC(=O)O[C@@H](C(=O)O[C@H]1C[C@@]2(O)[C@@H](OC(=O)c3ccccc3)C[C@@H]3[C@]4(OC(C)=O)CO[C@@H]4C[C@H](O)[C@@]3(C)C(=O)[C@H](O)C(=C1C)C2(C)C)[C@@H](NC(=O)OC(C)(C)C)c1ccccc1. The van der Waals surface area contributed by atoms with E-state index < -0.39 is 175 Å². The number of hydrogen-bond acceptors (Lipinski definition) is 21. The lowest BCUT2D eigenvalue weighted by Crippen LogP contribution is -2.75. The second-order valence-electron chi connectivity index (χ2n) is 32.4. The molecule has 610 valence electrons. The van der Waals surface area contributed by atoms with Crippen LogP contribution in [0.4, 0.5) is 4.79 Å². The molecule has 1 aliphatic heterocycles. The quantitative estimate of drug-likeness (QED) is 0.0207. The average molecular weight is 1530 g/mol. The van der Waals surface area contributed by atoms with Gasteiger partial charge < -0.3 is 63.3 Å². The predicted octanol–water partition coefficient (Wildman–Crippen LogP) is 16.3. The molecule has 4 aliphatic rings. The van der Waals surface area contributed by atoms with Gasteiger partial charge in [0, 0.05) is 43.9 Å². The molecular weight excluding hydrogens is 1390 g/mol. The van der Waals surface area contributed by atoms with Crippen molar-refractivity contribution in [3.8, 4) is 0 Å². The van der Waals surface area contributed by atoms with Gasteiger partial charge in [-0.15, -0.1) is 0 Å². The summed E-state index contributed by atoms with van der Waals surface area (Å²) in [5, 5.41) is 41.4. The Hall–Kier alpha value is -7.01. The number of rotatable bonds is 48. The summed E-state index contributed by atoms with van der Waals surface area (Å²) in [6.45, 7) is 15.3. The fraction of sp³-hybridized carbons (Fsp3) is 0.713. The number of hydrogen-bond donors (Lipinski definition) is 4. The molecule has 1 amide bonds. The zero-order chi connectivity index (χ0) is 79.6. The van der Waals surface area contributed by atoms with Crippen LogP contribution in [0.1, 0.15) is 316 Å². The number of aliphatic hydroxyl groups excluding tert-OH is 2. The number of aliphatic hydroxyl groups is 3. The molecule has 1 saturated heterocycles. The smallest absolute Gasteiger partial charge is 0.408 e. The molecule has 2 saturated carbocycles.